The van der Waals surface area contributed by atoms with Crippen LogP contribution in [0.3, 0.4) is 0 Å². The van der Waals surface area contributed by atoms with Crippen LogP contribution >= 0.6 is 11.6 Å². The highest BCUT2D eigenvalue weighted by molar-refractivity contribution is 6.22. The van der Waals surface area contributed by atoms with Gasteiger partial charge in [0.2, 0.25) is 0 Å². The van der Waals surface area contributed by atoms with E-state index in [1.165, 1.54) is 0 Å². The highest BCUT2D eigenvalue weighted by atomic mass is 35.5. The van der Waals surface area contributed by atoms with Crippen LogP contribution in [0.25, 0.3) is 6.08 Å². The van der Waals surface area contributed by atoms with Crippen LogP contribution in [0.2, 0.25) is 0 Å². The number of aryl methyl sites for hydroxylation is 2. The molecule has 0 aliphatic heterocycles. The molecule has 2 nitrogen and oxygen atoms in total. The van der Waals surface area contributed by atoms with Gasteiger partial charge >= 0.3 is 0 Å². The fraction of sp³-hybridized carbons (Fsp3) is 0.500. The molecule has 0 aliphatic rings. The van der Waals surface area contributed by atoms with Gasteiger partial charge in [-0.1, -0.05) is 11.6 Å². The monoisotopic (exact) mass is 198 g/mol. The smallest absolute Gasteiger partial charge is 0.0665 e. The van der Waals surface area contributed by atoms with Crippen LogP contribution in [0.1, 0.15) is 25.1 Å². The normalized spacial score (nSPS) is 14.7. The van der Waals surface area contributed by atoms with Gasteiger partial charge in [-0.15, -0.1) is 11.6 Å². The minimum Gasteiger partial charge on any atom is -0.275 e. The number of alkyl halides is 1. The molecule has 0 aliphatic carbocycles. The van der Waals surface area contributed by atoms with E-state index in [1.54, 1.807) is 0 Å². The Kier molecular flexibility index (Phi) is 3.15. The largest absolute Gasteiger partial charge is 0.275 e. The molecule has 0 fully saturated rings. The molecule has 1 heterocycles. The van der Waals surface area contributed by atoms with E-state index in [-0.39, 0.29) is 5.38 Å². The van der Waals surface area contributed by atoms with Gasteiger partial charge in [-0.2, -0.15) is 5.10 Å². The highest BCUT2D eigenvalue weighted by Gasteiger charge is 2.03. The van der Waals surface area contributed by atoms with E-state index in [4.69, 9.17) is 11.6 Å². The predicted molar refractivity (Wildman–Crippen MR) is 56.9 cm³/mol. The SMILES string of the molecule is C/C(=C\c1cn(C)nc1C)C(C)Cl. The molecule has 0 amide bonds. The van der Waals surface area contributed by atoms with E-state index >= 15 is 0 Å². The minimum absolute atomic E-state index is 0.0830. The van der Waals surface area contributed by atoms with Gasteiger partial charge in [-0.25, -0.2) is 0 Å². The molecule has 1 unspecified atom stereocenters. The van der Waals surface area contributed by atoms with Crippen LogP contribution in [-0.2, 0) is 7.05 Å². The van der Waals surface area contributed by atoms with Crippen LogP contribution in [0.15, 0.2) is 11.8 Å². The van der Waals surface area contributed by atoms with Gasteiger partial charge in [0.15, 0.2) is 0 Å². The summed E-state index contributed by atoms with van der Waals surface area (Å²) in [5.41, 5.74) is 3.35. The summed E-state index contributed by atoms with van der Waals surface area (Å²) >= 11 is 5.94. The zero-order valence-corrected chi connectivity index (χ0v) is 9.26. The number of halogens is 1. The van der Waals surface area contributed by atoms with Crippen LogP contribution in [-0.4, -0.2) is 15.2 Å². The quantitative estimate of drug-likeness (QED) is 0.669. The molecule has 0 spiro atoms. The standard InChI is InChI=1S/C10H15ClN2/c1-7(8(2)11)5-10-6-13(4)12-9(10)3/h5-6,8H,1-4H3/b7-5+. The van der Waals surface area contributed by atoms with Crippen molar-refractivity contribution in [3.63, 3.8) is 0 Å². The summed E-state index contributed by atoms with van der Waals surface area (Å²) < 4.78 is 1.81. The summed E-state index contributed by atoms with van der Waals surface area (Å²) in [6, 6.07) is 0. The second kappa shape index (κ2) is 3.97. The molecular formula is C10H15ClN2. The van der Waals surface area contributed by atoms with E-state index in [0.717, 1.165) is 16.8 Å². The molecule has 1 atom stereocenters. The highest BCUT2D eigenvalue weighted by Crippen LogP contribution is 2.15. The molecule has 1 rings (SSSR count). The fourth-order valence-electron chi connectivity index (χ4n) is 1.12. The number of nitrogens with zero attached hydrogens (tertiary/aromatic N) is 2. The molecule has 1 aromatic heterocycles. The first kappa shape index (κ1) is 10.3. The Labute approximate surface area is 84.2 Å². The first-order valence-corrected chi connectivity index (χ1v) is 4.77. The van der Waals surface area contributed by atoms with Crippen molar-refractivity contribution in [3.05, 3.63) is 23.0 Å². The molecule has 0 saturated heterocycles. The Bertz CT molecular complexity index is 324. The summed E-state index contributed by atoms with van der Waals surface area (Å²) in [4.78, 5) is 0. The summed E-state index contributed by atoms with van der Waals surface area (Å²) in [6.07, 6.45) is 4.08. The van der Waals surface area contributed by atoms with Crippen molar-refractivity contribution in [1.29, 1.82) is 0 Å². The summed E-state index contributed by atoms with van der Waals surface area (Å²) in [6.45, 7) is 6.00. The average molecular weight is 199 g/mol. The first-order valence-electron chi connectivity index (χ1n) is 4.33. The third kappa shape index (κ3) is 2.59. The van der Waals surface area contributed by atoms with Crippen molar-refractivity contribution in [2.24, 2.45) is 7.05 Å². The Morgan fingerprint density at radius 1 is 1.69 bits per heavy atom. The van der Waals surface area contributed by atoms with E-state index in [9.17, 15) is 0 Å². The molecule has 0 N–H and O–H groups in total. The van der Waals surface area contributed by atoms with Gasteiger partial charge in [-0.05, 0) is 20.8 Å². The van der Waals surface area contributed by atoms with Crippen molar-refractivity contribution in [1.82, 2.24) is 9.78 Å². The molecule has 0 saturated carbocycles. The lowest BCUT2D eigenvalue weighted by atomic mass is 10.1. The topological polar surface area (TPSA) is 17.8 Å². The van der Waals surface area contributed by atoms with Gasteiger partial charge in [0.05, 0.1) is 11.1 Å². The third-order valence-electron chi connectivity index (χ3n) is 2.06. The van der Waals surface area contributed by atoms with E-state index < -0.39 is 0 Å². The maximum Gasteiger partial charge on any atom is 0.0665 e. The molecule has 72 valence electrons. The van der Waals surface area contributed by atoms with Crippen molar-refractivity contribution in [3.8, 4) is 0 Å². The molecular weight excluding hydrogens is 184 g/mol. The maximum atomic E-state index is 5.94. The van der Waals surface area contributed by atoms with Crippen LogP contribution in [0.4, 0.5) is 0 Å². The Hall–Kier alpha value is -0.760. The zero-order chi connectivity index (χ0) is 10.0. The predicted octanol–water partition coefficient (Wildman–Crippen LogP) is 2.76. The van der Waals surface area contributed by atoms with Gasteiger partial charge in [0.1, 0.15) is 0 Å². The molecule has 1 aromatic rings. The van der Waals surface area contributed by atoms with Crippen LogP contribution in [0.5, 0.6) is 0 Å². The number of allylic oxidation sites excluding steroid dienone is 1. The summed E-state index contributed by atoms with van der Waals surface area (Å²) in [7, 11) is 1.92. The number of rotatable bonds is 2. The summed E-state index contributed by atoms with van der Waals surface area (Å²) in [5.74, 6) is 0. The zero-order valence-electron chi connectivity index (χ0n) is 8.50. The Morgan fingerprint density at radius 2 is 2.31 bits per heavy atom. The fourth-order valence-corrected chi connectivity index (χ4v) is 1.18. The number of aromatic nitrogens is 2. The first-order chi connectivity index (χ1) is 6.00. The lowest BCUT2D eigenvalue weighted by Crippen LogP contribution is -1.91. The summed E-state index contributed by atoms with van der Waals surface area (Å²) in [5, 5.41) is 4.34. The van der Waals surface area contributed by atoms with Crippen LogP contribution < -0.4 is 0 Å². The van der Waals surface area contributed by atoms with Crippen molar-refractivity contribution >= 4 is 17.7 Å². The molecule has 0 aromatic carbocycles. The Balaban J connectivity index is 2.96. The second-order valence-electron chi connectivity index (χ2n) is 3.35. The molecule has 13 heavy (non-hydrogen) atoms. The van der Waals surface area contributed by atoms with Gasteiger partial charge < -0.3 is 0 Å². The van der Waals surface area contributed by atoms with E-state index in [1.807, 2.05) is 38.7 Å². The van der Waals surface area contributed by atoms with Gasteiger partial charge in [0, 0.05) is 18.8 Å². The second-order valence-corrected chi connectivity index (χ2v) is 4.00. The van der Waals surface area contributed by atoms with Crippen LogP contribution in [0, 0.1) is 6.92 Å². The van der Waals surface area contributed by atoms with Gasteiger partial charge in [-0.3, -0.25) is 4.68 Å². The lowest BCUT2D eigenvalue weighted by Gasteiger charge is -2.01. The van der Waals surface area contributed by atoms with Crippen molar-refractivity contribution < 1.29 is 0 Å². The number of hydrogen-bond donors (Lipinski definition) is 0. The number of hydrogen-bond acceptors (Lipinski definition) is 1. The lowest BCUT2D eigenvalue weighted by molar-refractivity contribution is 0.756. The molecule has 3 heteroatoms. The average Bonchev–Trinajstić information content (AvgIpc) is 2.30. The Morgan fingerprint density at radius 3 is 2.69 bits per heavy atom. The van der Waals surface area contributed by atoms with Crippen molar-refractivity contribution in [2.45, 2.75) is 26.1 Å². The third-order valence-corrected chi connectivity index (χ3v) is 2.41. The molecule has 0 bridgehead atoms. The maximum absolute atomic E-state index is 5.94. The minimum atomic E-state index is 0.0830. The van der Waals surface area contributed by atoms with E-state index in [2.05, 4.69) is 11.2 Å². The van der Waals surface area contributed by atoms with E-state index in [0.29, 0.717) is 0 Å². The van der Waals surface area contributed by atoms with Gasteiger partial charge in [0.25, 0.3) is 0 Å². The molecule has 0 radical (unpaired) electrons. The van der Waals surface area contributed by atoms with Crippen molar-refractivity contribution in [2.75, 3.05) is 0 Å².